The highest BCUT2D eigenvalue weighted by molar-refractivity contribution is 5.95. The third kappa shape index (κ3) is 6.51. The fraction of sp³-hybridized carbons (Fsp3) is 0.458. The minimum absolute atomic E-state index is 0.00932. The number of nitrogens with one attached hydrogen (secondary N) is 2. The summed E-state index contributed by atoms with van der Waals surface area (Å²) in [5.41, 5.74) is 3.69. The second-order valence-electron chi connectivity index (χ2n) is 9.94. The molecule has 1 aliphatic rings. The van der Waals surface area contributed by atoms with Crippen LogP contribution in [0.25, 0.3) is 0 Å². The molecule has 32 heavy (non-hydrogen) atoms. The summed E-state index contributed by atoms with van der Waals surface area (Å²) in [6, 6.07) is 8.07. The number of benzene rings is 2. The van der Waals surface area contributed by atoms with E-state index < -0.39 is 0 Å². The molecule has 2 unspecified atom stereocenters. The molecule has 174 valence electrons. The number of hydrogen-bond acceptors (Lipinski definition) is 7. The van der Waals surface area contributed by atoms with Crippen molar-refractivity contribution in [3.63, 3.8) is 0 Å². The number of carbonyl (C=O) groups excluding carboxylic acids is 1. The van der Waals surface area contributed by atoms with Crippen LogP contribution in [0.5, 0.6) is 23.0 Å². The molecule has 0 heterocycles. The van der Waals surface area contributed by atoms with Crippen molar-refractivity contribution in [2.75, 3.05) is 6.54 Å². The third-order valence-electron chi connectivity index (χ3n) is 5.75. The maximum absolute atomic E-state index is 12.7. The highest BCUT2D eigenvalue weighted by Crippen LogP contribution is 2.45. The molecule has 3 rings (SSSR count). The van der Waals surface area contributed by atoms with E-state index in [4.69, 9.17) is 4.84 Å². The number of hydroxylamine groups is 1. The van der Waals surface area contributed by atoms with Crippen LogP contribution in [0, 0.1) is 10.8 Å². The summed E-state index contributed by atoms with van der Waals surface area (Å²) in [5.74, 6) is -0.712. The van der Waals surface area contributed by atoms with Crippen molar-refractivity contribution >= 4 is 5.91 Å². The summed E-state index contributed by atoms with van der Waals surface area (Å²) in [6.07, 6.45) is 2.47. The van der Waals surface area contributed by atoms with Crippen molar-refractivity contribution in [2.24, 2.45) is 10.8 Å². The van der Waals surface area contributed by atoms with Gasteiger partial charge in [0.25, 0.3) is 5.91 Å². The largest absolute Gasteiger partial charge is 0.508 e. The van der Waals surface area contributed by atoms with E-state index >= 15 is 0 Å². The topological polar surface area (TPSA) is 131 Å². The molecule has 0 radical (unpaired) electrons. The van der Waals surface area contributed by atoms with Gasteiger partial charge in [-0.1, -0.05) is 20.8 Å². The van der Waals surface area contributed by atoms with E-state index in [1.165, 1.54) is 36.4 Å². The fourth-order valence-corrected chi connectivity index (χ4v) is 4.96. The van der Waals surface area contributed by atoms with E-state index in [9.17, 15) is 25.2 Å². The minimum atomic E-state index is -0.339. The Morgan fingerprint density at radius 2 is 1.50 bits per heavy atom. The van der Waals surface area contributed by atoms with E-state index in [1.54, 1.807) is 0 Å². The van der Waals surface area contributed by atoms with Crippen molar-refractivity contribution in [1.82, 2.24) is 10.8 Å². The van der Waals surface area contributed by atoms with Gasteiger partial charge in [0.1, 0.15) is 23.0 Å². The zero-order chi connectivity index (χ0) is 23.5. The van der Waals surface area contributed by atoms with Crippen LogP contribution in [-0.4, -0.2) is 38.9 Å². The summed E-state index contributed by atoms with van der Waals surface area (Å²) >= 11 is 0. The molecule has 2 atom stereocenters. The maximum Gasteiger partial charge on any atom is 0.251 e. The first-order chi connectivity index (χ1) is 14.9. The zero-order valence-electron chi connectivity index (χ0n) is 18.7. The lowest BCUT2D eigenvalue weighted by molar-refractivity contribution is -0.0190. The Kier molecular flexibility index (Phi) is 6.85. The number of aromatic hydroxyl groups is 4. The predicted molar refractivity (Wildman–Crippen MR) is 119 cm³/mol. The Morgan fingerprint density at radius 3 is 2.09 bits per heavy atom. The number of phenols is 4. The average molecular weight is 445 g/mol. The molecular weight excluding hydrogens is 412 g/mol. The van der Waals surface area contributed by atoms with Crippen LogP contribution in [0.2, 0.25) is 0 Å². The lowest BCUT2D eigenvalue weighted by atomic mass is 9.62. The summed E-state index contributed by atoms with van der Waals surface area (Å²) in [5, 5.41) is 41.5. The van der Waals surface area contributed by atoms with Gasteiger partial charge in [0, 0.05) is 30.3 Å². The number of amides is 1. The van der Waals surface area contributed by atoms with Gasteiger partial charge in [-0.15, -0.1) is 0 Å². The van der Waals surface area contributed by atoms with Crippen LogP contribution in [0.4, 0.5) is 0 Å². The molecule has 1 fully saturated rings. The van der Waals surface area contributed by atoms with Gasteiger partial charge in [-0.2, -0.15) is 0 Å². The SMILES string of the molecule is CC1(C)CC(NC(=O)c2cc(O)cc(O)c2)CC(C)(CNOCc2cc(O)cc(O)c2)C1. The standard InChI is InChI=1S/C24H32N2O6/c1-23(2)10-17(26-22(31)16-6-20(29)9-21(30)7-16)11-24(3,13-23)14-25-32-12-15-4-18(27)8-19(28)5-15/h4-9,17,25,27-30H,10-14H2,1-3H3,(H,26,31). The highest BCUT2D eigenvalue weighted by atomic mass is 16.6. The van der Waals surface area contributed by atoms with Gasteiger partial charge < -0.3 is 25.7 Å². The van der Waals surface area contributed by atoms with Crippen molar-refractivity contribution in [3.8, 4) is 23.0 Å². The monoisotopic (exact) mass is 444 g/mol. The molecule has 0 bridgehead atoms. The maximum atomic E-state index is 12.7. The van der Waals surface area contributed by atoms with Crippen LogP contribution >= 0.6 is 0 Å². The van der Waals surface area contributed by atoms with Gasteiger partial charge in [0.15, 0.2) is 0 Å². The molecule has 8 nitrogen and oxygen atoms in total. The second kappa shape index (κ2) is 9.26. The second-order valence-corrected chi connectivity index (χ2v) is 9.94. The molecule has 1 aliphatic carbocycles. The van der Waals surface area contributed by atoms with Crippen LogP contribution in [0.3, 0.4) is 0 Å². The Balaban J connectivity index is 1.59. The molecule has 2 aromatic rings. The lowest BCUT2D eigenvalue weighted by Gasteiger charge is -2.46. The fourth-order valence-electron chi connectivity index (χ4n) is 4.96. The number of hydrogen-bond donors (Lipinski definition) is 6. The number of rotatable bonds is 7. The first kappa shape index (κ1) is 23.7. The third-order valence-corrected chi connectivity index (χ3v) is 5.75. The van der Waals surface area contributed by atoms with Crippen LogP contribution in [0.15, 0.2) is 36.4 Å². The van der Waals surface area contributed by atoms with Gasteiger partial charge in [0.05, 0.1) is 6.61 Å². The Labute approximate surface area is 187 Å². The van der Waals surface area contributed by atoms with Gasteiger partial charge >= 0.3 is 0 Å². The molecule has 2 aromatic carbocycles. The van der Waals surface area contributed by atoms with Gasteiger partial charge in [-0.05, 0) is 59.9 Å². The van der Waals surface area contributed by atoms with Gasteiger partial charge in [-0.25, -0.2) is 5.48 Å². The quantitative estimate of drug-likeness (QED) is 0.284. The molecule has 1 saturated carbocycles. The van der Waals surface area contributed by atoms with Crippen LogP contribution in [-0.2, 0) is 11.4 Å². The Hall–Kier alpha value is -2.97. The Morgan fingerprint density at radius 1 is 0.938 bits per heavy atom. The van der Waals surface area contributed by atoms with Gasteiger partial charge in [0.2, 0.25) is 0 Å². The van der Waals surface area contributed by atoms with Crippen molar-refractivity contribution in [2.45, 2.75) is 52.7 Å². The summed E-state index contributed by atoms with van der Waals surface area (Å²) < 4.78 is 0. The van der Waals surface area contributed by atoms with E-state index in [-0.39, 0.29) is 57.9 Å². The zero-order valence-corrected chi connectivity index (χ0v) is 18.7. The normalized spacial score (nSPS) is 22.4. The molecule has 8 heteroatoms. The molecule has 6 N–H and O–H groups in total. The smallest absolute Gasteiger partial charge is 0.251 e. The average Bonchev–Trinajstić information content (AvgIpc) is 2.62. The number of phenolic OH excluding ortho intramolecular Hbond substituents is 4. The first-order valence-corrected chi connectivity index (χ1v) is 10.6. The molecule has 0 spiro atoms. The van der Waals surface area contributed by atoms with E-state index in [2.05, 4.69) is 31.6 Å². The summed E-state index contributed by atoms with van der Waals surface area (Å²) in [4.78, 5) is 18.3. The highest BCUT2D eigenvalue weighted by Gasteiger charge is 2.41. The first-order valence-electron chi connectivity index (χ1n) is 10.6. The van der Waals surface area contributed by atoms with E-state index in [0.717, 1.165) is 19.3 Å². The lowest BCUT2D eigenvalue weighted by Crippen LogP contribution is -2.49. The predicted octanol–water partition coefficient (Wildman–Crippen LogP) is 3.55. The molecule has 0 aromatic heterocycles. The van der Waals surface area contributed by atoms with Gasteiger partial charge in [-0.3, -0.25) is 9.63 Å². The molecule has 1 amide bonds. The van der Waals surface area contributed by atoms with Crippen molar-refractivity contribution in [1.29, 1.82) is 0 Å². The van der Waals surface area contributed by atoms with Crippen LogP contribution < -0.4 is 10.8 Å². The summed E-state index contributed by atoms with van der Waals surface area (Å²) in [7, 11) is 0. The summed E-state index contributed by atoms with van der Waals surface area (Å²) in [6.45, 7) is 7.22. The minimum Gasteiger partial charge on any atom is -0.508 e. The van der Waals surface area contributed by atoms with Crippen LogP contribution in [0.1, 0.15) is 56.0 Å². The van der Waals surface area contributed by atoms with Crippen molar-refractivity contribution < 1.29 is 30.1 Å². The molecule has 0 aliphatic heterocycles. The van der Waals surface area contributed by atoms with Crippen molar-refractivity contribution in [3.05, 3.63) is 47.5 Å². The molecular formula is C24H32N2O6. The van der Waals surface area contributed by atoms with E-state index in [0.29, 0.717) is 12.1 Å². The molecule has 0 saturated heterocycles. The Bertz CT molecular complexity index is 936. The van der Waals surface area contributed by atoms with E-state index in [1.807, 2.05) is 0 Å². The number of carbonyl (C=O) groups is 1.